The molecule has 0 radical (unpaired) electrons. The second-order valence-corrected chi connectivity index (χ2v) is 9.59. The molecule has 0 aliphatic carbocycles. The van der Waals surface area contributed by atoms with Gasteiger partial charge in [0.2, 0.25) is 5.91 Å². The summed E-state index contributed by atoms with van der Waals surface area (Å²) in [7, 11) is 4.32. The molecule has 12 heteroatoms. The van der Waals surface area contributed by atoms with E-state index in [0.29, 0.717) is 0 Å². The highest BCUT2D eigenvalue weighted by atomic mass is 35.5. The number of hydrogen-bond acceptors (Lipinski definition) is 7. The first kappa shape index (κ1) is 31.9. The maximum absolute atomic E-state index is 13.5. The summed E-state index contributed by atoms with van der Waals surface area (Å²) in [5, 5.41) is 2.40. The maximum atomic E-state index is 13.5. The number of methoxy groups -OCH3 is 3. The molecule has 2 unspecified atom stereocenters. The molecule has 0 bridgehead atoms. The van der Waals surface area contributed by atoms with Crippen molar-refractivity contribution in [1.82, 2.24) is 4.90 Å². The fraction of sp³-hybridized carbons (Fsp3) is 0.667. The number of nitrogens with zero attached hydrogens (tertiary/aromatic N) is 1. The summed E-state index contributed by atoms with van der Waals surface area (Å²) in [6.07, 6.45) is -5.07. The van der Waals surface area contributed by atoms with Crippen molar-refractivity contribution in [3.8, 4) is 0 Å². The third-order valence-electron chi connectivity index (χ3n) is 5.08. The molecular formula is C24H36ClF3N2O6. The van der Waals surface area contributed by atoms with Crippen LogP contribution in [0.2, 0.25) is 5.02 Å². The predicted molar refractivity (Wildman–Crippen MR) is 130 cm³/mol. The molecule has 1 N–H and O–H groups in total. The predicted octanol–water partition coefficient (Wildman–Crippen LogP) is 4.74. The molecule has 0 aliphatic heterocycles. The highest BCUT2D eigenvalue weighted by Gasteiger charge is 2.34. The standard InChI is InChI=1S/C24H36ClF3N2O6/c1-15(29-16-8-10-18(19(25)12-16)24(26,27)28)22(32)30(13-21(34-6)35-7)17(14-33-5)9-11-20(31)36-23(2,3)4/h8,10,12,15,17,21,29H,9,11,13-14H2,1-7H3. The number of amides is 1. The van der Waals surface area contributed by atoms with E-state index in [0.717, 1.165) is 12.1 Å². The Morgan fingerprint density at radius 2 is 1.72 bits per heavy atom. The normalized spacial score (nSPS) is 13.9. The van der Waals surface area contributed by atoms with Crippen LogP contribution < -0.4 is 5.32 Å². The van der Waals surface area contributed by atoms with Crippen LogP contribution >= 0.6 is 11.6 Å². The number of carbonyl (C=O) groups is 2. The highest BCUT2D eigenvalue weighted by Crippen LogP contribution is 2.36. The molecule has 1 rings (SSSR count). The molecule has 0 aromatic heterocycles. The number of halogens is 4. The van der Waals surface area contributed by atoms with Crippen molar-refractivity contribution in [3.63, 3.8) is 0 Å². The minimum atomic E-state index is -4.59. The van der Waals surface area contributed by atoms with Crippen LogP contribution in [-0.4, -0.2) is 75.2 Å². The molecule has 0 fully saturated rings. The van der Waals surface area contributed by atoms with Crippen molar-refractivity contribution >= 4 is 29.2 Å². The first-order chi connectivity index (χ1) is 16.6. The maximum Gasteiger partial charge on any atom is 0.417 e. The van der Waals surface area contributed by atoms with Crippen LogP contribution in [0.3, 0.4) is 0 Å². The molecule has 0 saturated heterocycles. The topological polar surface area (TPSA) is 86.3 Å². The van der Waals surface area contributed by atoms with Gasteiger partial charge in [-0.05, 0) is 52.3 Å². The summed E-state index contributed by atoms with van der Waals surface area (Å²) in [6, 6.07) is 1.75. The Morgan fingerprint density at radius 3 is 2.19 bits per heavy atom. The Bertz CT molecular complexity index is 859. The first-order valence-electron chi connectivity index (χ1n) is 11.3. The lowest BCUT2D eigenvalue weighted by atomic mass is 10.1. The number of esters is 1. The van der Waals surface area contributed by atoms with Gasteiger partial charge in [-0.2, -0.15) is 13.2 Å². The van der Waals surface area contributed by atoms with Gasteiger partial charge in [0.15, 0.2) is 6.29 Å². The zero-order valence-electron chi connectivity index (χ0n) is 21.7. The Labute approximate surface area is 215 Å². The number of carbonyl (C=O) groups excluding carboxylic acids is 2. The Hall–Kier alpha value is -2.08. The molecule has 2 atom stereocenters. The molecule has 0 aliphatic rings. The van der Waals surface area contributed by atoms with Crippen LogP contribution in [0.25, 0.3) is 0 Å². The quantitative estimate of drug-likeness (QED) is 0.285. The van der Waals surface area contributed by atoms with Crippen molar-refractivity contribution in [2.45, 2.75) is 70.7 Å². The summed E-state index contributed by atoms with van der Waals surface area (Å²) in [5.74, 6) is -0.826. The molecular weight excluding hydrogens is 505 g/mol. The summed E-state index contributed by atoms with van der Waals surface area (Å²) in [4.78, 5) is 27.2. The minimum absolute atomic E-state index is 0.0218. The number of benzene rings is 1. The average molecular weight is 541 g/mol. The number of ether oxygens (including phenoxy) is 4. The second-order valence-electron chi connectivity index (χ2n) is 9.18. The highest BCUT2D eigenvalue weighted by molar-refractivity contribution is 6.31. The molecule has 8 nitrogen and oxygen atoms in total. The third-order valence-corrected chi connectivity index (χ3v) is 5.40. The van der Waals surface area contributed by atoms with Crippen molar-refractivity contribution in [2.24, 2.45) is 0 Å². The zero-order chi connectivity index (χ0) is 27.7. The van der Waals surface area contributed by atoms with E-state index in [1.165, 1.54) is 32.3 Å². The van der Waals surface area contributed by atoms with Crippen molar-refractivity contribution in [2.75, 3.05) is 39.8 Å². The molecule has 0 spiro atoms. The fourth-order valence-corrected chi connectivity index (χ4v) is 3.71. The van der Waals surface area contributed by atoms with Crippen LogP contribution in [0.1, 0.15) is 46.1 Å². The number of anilines is 1. The molecule has 0 heterocycles. The monoisotopic (exact) mass is 540 g/mol. The smallest absolute Gasteiger partial charge is 0.417 e. The SMILES string of the molecule is COCC(CCC(=O)OC(C)(C)C)N(CC(OC)OC)C(=O)C(C)Nc1ccc(C(F)(F)F)c(Cl)c1. The van der Waals surface area contributed by atoms with Gasteiger partial charge in [0.1, 0.15) is 11.6 Å². The first-order valence-corrected chi connectivity index (χ1v) is 11.7. The van der Waals surface area contributed by atoms with Crippen molar-refractivity contribution in [3.05, 3.63) is 28.8 Å². The van der Waals surface area contributed by atoms with Gasteiger partial charge in [-0.25, -0.2) is 0 Å². The molecule has 206 valence electrons. The lowest BCUT2D eigenvalue weighted by Gasteiger charge is -2.35. The lowest BCUT2D eigenvalue weighted by Crippen LogP contribution is -2.52. The van der Waals surface area contributed by atoms with Gasteiger partial charge in [0.25, 0.3) is 0 Å². The number of hydrogen-bond donors (Lipinski definition) is 1. The summed E-state index contributed by atoms with van der Waals surface area (Å²) in [6.45, 7) is 6.98. The molecule has 36 heavy (non-hydrogen) atoms. The molecule has 1 amide bonds. The number of alkyl halides is 3. The van der Waals surface area contributed by atoms with Crippen LogP contribution in [0.4, 0.5) is 18.9 Å². The van der Waals surface area contributed by atoms with Gasteiger partial charge in [-0.1, -0.05) is 11.6 Å². The van der Waals surface area contributed by atoms with Gasteiger partial charge in [-0.3, -0.25) is 9.59 Å². The zero-order valence-corrected chi connectivity index (χ0v) is 22.5. The number of rotatable bonds is 13. The van der Waals surface area contributed by atoms with E-state index in [1.807, 2.05) is 0 Å². The van der Waals surface area contributed by atoms with E-state index in [9.17, 15) is 22.8 Å². The third kappa shape index (κ3) is 10.5. The van der Waals surface area contributed by atoms with Crippen LogP contribution in [0, 0.1) is 0 Å². The van der Waals surface area contributed by atoms with Gasteiger partial charge < -0.3 is 29.2 Å². The van der Waals surface area contributed by atoms with E-state index < -0.39 is 52.6 Å². The van der Waals surface area contributed by atoms with Crippen molar-refractivity contribution < 1.29 is 41.7 Å². The number of nitrogens with one attached hydrogen (secondary N) is 1. The Morgan fingerprint density at radius 1 is 1.11 bits per heavy atom. The van der Waals surface area contributed by atoms with Crippen LogP contribution in [0.15, 0.2) is 18.2 Å². The minimum Gasteiger partial charge on any atom is -0.460 e. The Kier molecular flexibility index (Phi) is 12.4. The van der Waals surface area contributed by atoms with Crippen LogP contribution in [-0.2, 0) is 34.7 Å². The van der Waals surface area contributed by atoms with Crippen LogP contribution in [0.5, 0.6) is 0 Å². The summed E-state index contributed by atoms with van der Waals surface area (Å²) < 4.78 is 60.2. The lowest BCUT2D eigenvalue weighted by molar-refractivity contribution is -0.158. The summed E-state index contributed by atoms with van der Waals surface area (Å²) in [5.41, 5.74) is -1.39. The molecule has 0 saturated carbocycles. The fourth-order valence-electron chi connectivity index (χ4n) is 3.42. The van der Waals surface area contributed by atoms with Gasteiger partial charge in [0, 0.05) is 33.4 Å². The largest absolute Gasteiger partial charge is 0.460 e. The Balaban J connectivity index is 3.12. The molecule has 1 aromatic rings. The van der Waals surface area contributed by atoms with E-state index in [2.05, 4.69) is 5.32 Å². The van der Waals surface area contributed by atoms with Gasteiger partial charge >= 0.3 is 12.1 Å². The van der Waals surface area contributed by atoms with E-state index >= 15 is 0 Å². The second kappa shape index (κ2) is 14.0. The van der Waals surface area contributed by atoms with E-state index in [-0.39, 0.29) is 31.7 Å². The van der Waals surface area contributed by atoms with Crippen molar-refractivity contribution in [1.29, 1.82) is 0 Å². The van der Waals surface area contributed by atoms with E-state index in [4.69, 9.17) is 30.5 Å². The van der Waals surface area contributed by atoms with Gasteiger partial charge in [0.05, 0.1) is 29.8 Å². The molecule has 1 aromatic carbocycles. The van der Waals surface area contributed by atoms with E-state index in [1.54, 1.807) is 27.7 Å². The average Bonchev–Trinajstić information content (AvgIpc) is 2.75. The van der Waals surface area contributed by atoms with Gasteiger partial charge in [-0.15, -0.1) is 0 Å². The summed E-state index contributed by atoms with van der Waals surface area (Å²) >= 11 is 5.81.